The first kappa shape index (κ1) is 11.2. The molecule has 1 aliphatic rings. The first-order valence-corrected chi connectivity index (χ1v) is 7.15. The molecule has 3 rings (SSSR count). The predicted octanol–water partition coefficient (Wildman–Crippen LogP) is 2.72. The molecule has 3 nitrogen and oxygen atoms in total. The number of nitrogens with zero attached hydrogens (tertiary/aromatic N) is 2. The second kappa shape index (κ2) is 4.10. The van der Waals surface area contributed by atoms with Gasteiger partial charge in [-0.2, -0.15) is 0 Å². The fourth-order valence-corrected chi connectivity index (χ4v) is 2.84. The van der Waals surface area contributed by atoms with Gasteiger partial charge in [-0.1, -0.05) is 13.8 Å². The van der Waals surface area contributed by atoms with E-state index in [0.29, 0.717) is 0 Å². The molecule has 2 aromatic heterocycles. The Balaban J connectivity index is 1.65. The summed E-state index contributed by atoms with van der Waals surface area (Å²) in [5, 5.41) is 5.69. The summed E-state index contributed by atoms with van der Waals surface area (Å²) >= 11 is 1.70. The minimum Gasteiger partial charge on any atom is -0.313 e. The molecule has 0 saturated heterocycles. The summed E-state index contributed by atoms with van der Waals surface area (Å²) in [4.78, 5) is 5.76. The van der Waals surface area contributed by atoms with Crippen LogP contribution in [0.2, 0.25) is 0 Å². The van der Waals surface area contributed by atoms with Crippen molar-refractivity contribution in [3.63, 3.8) is 0 Å². The van der Waals surface area contributed by atoms with E-state index >= 15 is 0 Å². The number of aromatic nitrogens is 2. The van der Waals surface area contributed by atoms with Crippen LogP contribution in [0.15, 0.2) is 17.8 Å². The molecule has 1 fully saturated rings. The molecule has 0 spiro atoms. The maximum atomic E-state index is 4.65. The summed E-state index contributed by atoms with van der Waals surface area (Å²) in [6.45, 7) is 5.72. The zero-order chi connectivity index (χ0) is 11.9. The van der Waals surface area contributed by atoms with Crippen molar-refractivity contribution in [2.24, 2.45) is 5.41 Å². The Bertz CT molecular complexity index is 479. The first-order chi connectivity index (χ1) is 8.12. The molecular weight excluding hydrogens is 230 g/mol. The smallest absolute Gasteiger partial charge is 0.193 e. The van der Waals surface area contributed by atoms with Gasteiger partial charge in [0.05, 0.1) is 5.69 Å². The van der Waals surface area contributed by atoms with Gasteiger partial charge in [-0.25, -0.2) is 4.98 Å². The highest BCUT2D eigenvalue weighted by molar-refractivity contribution is 7.15. The molecular formula is C13H19N3S. The molecule has 0 bridgehead atoms. The van der Waals surface area contributed by atoms with Gasteiger partial charge in [-0.05, 0) is 24.7 Å². The van der Waals surface area contributed by atoms with Crippen LogP contribution in [0.25, 0.3) is 4.96 Å². The standard InChI is InChI=1S/C13H19N3S/c1-13(2,9-14-10-3-4-10)7-11-8-16-5-6-17-12(16)15-11/h5-6,8,10,14H,3-4,7,9H2,1-2H3. The third-order valence-corrected chi connectivity index (χ3v) is 4.02. The highest BCUT2D eigenvalue weighted by atomic mass is 32.1. The van der Waals surface area contributed by atoms with Gasteiger partial charge < -0.3 is 5.32 Å². The maximum absolute atomic E-state index is 4.65. The third-order valence-electron chi connectivity index (χ3n) is 3.25. The van der Waals surface area contributed by atoms with Gasteiger partial charge >= 0.3 is 0 Å². The lowest BCUT2D eigenvalue weighted by atomic mass is 9.88. The van der Waals surface area contributed by atoms with E-state index in [9.17, 15) is 0 Å². The third kappa shape index (κ3) is 2.69. The van der Waals surface area contributed by atoms with Gasteiger partial charge in [-0.3, -0.25) is 4.40 Å². The van der Waals surface area contributed by atoms with E-state index in [4.69, 9.17) is 0 Å². The Hall–Kier alpha value is -0.870. The number of hydrogen-bond donors (Lipinski definition) is 1. The molecule has 0 atom stereocenters. The molecule has 4 heteroatoms. The van der Waals surface area contributed by atoms with E-state index in [-0.39, 0.29) is 5.41 Å². The lowest BCUT2D eigenvalue weighted by Gasteiger charge is -2.24. The molecule has 0 aliphatic heterocycles. The summed E-state index contributed by atoms with van der Waals surface area (Å²) < 4.78 is 2.12. The molecule has 17 heavy (non-hydrogen) atoms. The number of nitrogens with one attached hydrogen (secondary N) is 1. The van der Waals surface area contributed by atoms with Crippen LogP contribution in [0, 0.1) is 5.41 Å². The molecule has 0 aromatic carbocycles. The lowest BCUT2D eigenvalue weighted by molar-refractivity contribution is 0.334. The van der Waals surface area contributed by atoms with Crippen molar-refractivity contribution in [3.8, 4) is 0 Å². The number of rotatable bonds is 5. The van der Waals surface area contributed by atoms with Crippen molar-refractivity contribution < 1.29 is 0 Å². The number of imidazole rings is 1. The van der Waals surface area contributed by atoms with Crippen molar-refractivity contribution in [1.82, 2.24) is 14.7 Å². The summed E-state index contributed by atoms with van der Waals surface area (Å²) in [6.07, 6.45) is 7.99. The van der Waals surface area contributed by atoms with E-state index in [2.05, 4.69) is 46.3 Å². The Morgan fingerprint density at radius 1 is 1.53 bits per heavy atom. The normalized spacial score (nSPS) is 16.8. The SMILES string of the molecule is CC(C)(CNC1CC1)Cc1cn2ccsc2n1. The van der Waals surface area contributed by atoms with E-state index in [1.807, 2.05) is 0 Å². The van der Waals surface area contributed by atoms with Crippen molar-refractivity contribution >= 4 is 16.3 Å². The predicted molar refractivity (Wildman–Crippen MR) is 71.6 cm³/mol. The average Bonchev–Trinajstić information content (AvgIpc) is 2.87. The Kier molecular flexibility index (Phi) is 2.71. The van der Waals surface area contributed by atoms with Crippen LogP contribution in [0.4, 0.5) is 0 Å². The van der Waals surface area contributed by atoms with Crippen LogP contribution >= 0.6 is 11.3 Å². The van der Waals surface area contributed by atoms with E-state index in [1.165, 1.54) is 18.5 Å². The Morgan fingerprint density at radius 3 is 3.06 bits per heavy atom. The fourth-order valence-electron chi connectivity index (χ4n) is 2.12. The number of thiazole rings is 1. The Labute approximate surface area is 106 Å². The van der Waals surface area contributed by atoms with Crippen LogP contribution in [0.1, 0.15) is 32.4 Å². The summed E-state index contributed by atoms with van der Waals surface area (Å²) in [5.74, 6) is 0. The van der Waals surface area contributed by atoms with Gasteiger partial charge in [0.15, 0.2) is 4.96 Å². The van der Waals surface area contributed by atoms with Crippen molar-refractivity contribution in [3.05, 3.63) is 23.5 Å². The molecule has 0 amide bonds. The summed E-state index contributed by atoms with van der Waals surface area (Å²) in [5.41, 5.74) is 1.49. The molecule has 1 saturated carbocycles. The zero-order valence-corrected chi connectivity index (χ0v) is 11.3. The molecule has 0 unspecified atom stereocenters. The minimum absolute atomic E-state index is 0.284. The van der Waals surface area contributed by atoms with Gasteiger partial charge in [0.25, 0.3) is 0 Å². The molecule has 92 valence electrons. The highest BCUT2D eigenvalue weighted by Gasteiger charge is 2.26. The quantitative estimate of drug-likeness (QED) is 0.883. The molecule has 1 N–H and O–H groups in total. The monoisotopic (exact) mass is 249 g/mol. The van der Waals surface area contributed by atoms with Crippen LogP contribution in [0.3, 0.4) is 0 Å². The van der Waals surface area contributed by atoms with Crippen molar-refractivity contribution in [2.45, 2.75) is 39.2 Å². The zero-order valence-electron chi connectivity index (χ0n) is 10.4. The number of fused-ring (bicyclic) bond motifs is 1. The van der Waals surface area contributed by atoms with E-state index in [0.717, 1.165) is 24.0 Å². The number of hydrogen-bond acceptors (Lipinski definition) is 3. The highest BCUT2D eigenvalue weighted by Crippen LogP contribution is 2.25. The topological polar surface area (TPSA) is 29.3 Å². The average molecular weight is 249 g/mol. The second-order valence-electron chi connectivity index (χ2n) is 5.82. The lowest BCUT2D eigenvalue weighted by Crippen LogP contribution is -2.32. The van der Waals surface area contributed by atoms with Gasteiger partial charge in [0, 0.05) is 30.4 Å². The molecule has 2 aromatic rings. The maximum Gasteiger partial charge on any atom is 0.193 e. The van der Waals surface area contributed by atoms with Crippen LogP contribution in [-0.4, -0.2) is 22.0 Å². The first-order valence-electron chi connectivity index (χ1n) is 6.27. The van der Waals surface area contributed by atoms with E-state index < -0.39 is 0 Å². The van der Waals surface area contributed by atoms with Gasteiger partial charge in [0.2, 0.25) is 0 Å². The Morgan fingerprint density at radius 2 is 2.35 bits per heavy atom. The molecule has 2 heterocycles. The van der Waals surface area contributed by atoms with Crippen LogP contribution in [0.5, 0.6) is 0 Å². The fraction of sp³-hybridized carbons (Fsp3) is 0.615. The van der Waals surface area contributed by atoms with Crippen LogP contribution in [-0.2, 0) is 6.42 Å². The molecule has 1 aliphatic carbocycles. The van der Waals surface area contributed by atoms with Gasteiger partial charge in [0.1, 0.15) is 0 Å². The largest absolute Gasteiger partial charge is 0.313 e. The van der Waals surface area contributed by atoms with Crippen LogP contribution < -0.4 is 5.32 Å². The summed E-state index contributed by atoms with van der Waals surface area (Å²) in [7, 11) is 0. The van der Waals surface area contributed by atoms with Gasteiger partial charge in [-0.15, -0.1) is 11.3 Å². The minimum atomic E-state index is 0.284. The molecule has 0 radical (unpaired) electrons. The van der Waals surface area contributed by atoms with Crippen molar-refractivity contribution in [1.29, 1.82) is 0 Å². The van der Waals surface area contributed by atoms with E-state index in [1.54, 1.807) is 11.3 Å². The summed E-state index contributed by atoms with van der Waals surface area (Å²) in [6, 6.07) is 0.791. The second-order valence-corrected chi connectivity index (χ2v) is 6.69. The van der Waals surface area contributed by atoms with Crippen molar-refractivity contribution in [2.75, 3.05) is 6.54 Å².